The molecule has 1 aromatic heterocycles. The van der Waals surface area contributed by atoms with Gasteiger partial charge in [0.2, 0.25) is 0 Å². The van der Waals surface area contributed by atoms with E-state index in [-0.39, 0.29) is 23.8 Å². The van der Waals surface area contributed by atoms with Gasteiger partial charge in [-0.05, 0) is 24.3 Å². The van der Waals surface area contributed by atoms with Gasteiger partial charge in [0.05, 0.1) is 18.4 Å². The van der Waals surface area contributed by atoms with Crippen LogP contribution in [0.25, 0.3) is 0 Å². The topological polar surface area (TPSA) is 88.5 Å². The Kier molecular flexibility index (Phi) is 3.00. The third kappa shape index (κ3) is 2.57. The number of rotatable bonds is 3. The lowest BCUT2D eigenvalue weighted by Gasteiger charge is -2.06. The fourth-order valence-electron chi connectivity index (χ4n) is 1.42. The second kappa shape index (κ2) is 4.61. The van der Waals surface area contributed by atoms with Gasteiger partial charge in [-0.1, -0.05) is 0 Å². The number of hydrogen-bond acceptors (Lipinski definition) is 4. The minimum absolute atomic E-state index is 0.137. The first-order chi connectivity index (χ1) is 8.16. The van der Waals surface area contributed by atoms with Crippen LogP contribution in [-0.2, 0) is 6.54 Å². The Morgan fingerprint density at radius 2 is 2.24 bits per heavy atom. The van der Waals surface area contributed by atoms with Crippen LogP contribution in [0.15, 0.2) is 41.0 Å². The molecule has 0 saturated heterocycles. The summed E-state index contributed by atoms with van der Waals surface area (Å²) in [4.78, 5) is 11.7. The number of benzene rings is 1. The summed E-state index contributed by atoms with van der Waals surface area (Å²) in [5, 5.41) is 12.2. The Hall–Kier alpha value is -2.43. The number of phenols is 1. The molecule has 0 saturated carbocycles. The summed E-state index contributed by atoms with van der Waals surface area (Å²) in [6.45, 7) is 0.273. The van der Waals surface area contributed by atoms with Crippen LogP contribution in [0.3, 0.4) is 0 Å². The van der Waals surface area contributed by atoms with Gasteiger partial charge in [0.1, 0.15) is 11.5 Å². The lowest BCUT2D eigenvalue weighted by Crippen LogP contribution is -2.22. The Morgan fingerprint density at radius 3 is 2.88 bits per heavy atom. The molecule has 4 N–H and O–H groups in total. The normalized spacial score (nSPS) is 10.1. The summed E-state index contributed by atoms with van der Waals surface area (Å²) < 4.78 is 5.07. The molecule has 0 spiro atoms. The highest BCUT2D eigenvalue weighted by atomic mass is 16.3. The van der Waals surface area contributed by atoms with E-state index in [0.29, 0.717) is 11.4 Å². The molecule has 5 heteroatoms. The molecule has 0 aliphatic rings. The van der Waals surface area contributed by atoms with Crippen molar-refractivity contribution in [3.8, 4) is 5.75 Å². The molecule has 0 bridgehead atoms. The largest absolute Gasteiger partial charge is 0.507 e. The van der Waals surface area contributed by atoms with Gasteiger partial charge in [-0.3, -0.25) is 4.79 Å². The number of carbonyl (C=O) groups excluding carboxylic acids is 1. The van der Waals surface area contributed by atoms with E-state index >= 15 is 0 Å². The van der Waals surface area contributed by atoms with E-state index in [9.17, 15) is 9.90 Å². The maximum absolute atomic E-state index is 11.7. The number of phenolic OH excluding ortho intramolecular Hbond substituents is 1. The van der Waals surface area contributed by atoms with Crippen LogP contribution >= 0.6 is 0 Å². The van der Waals surface area contributed by atoms with E-state index in [2.05, 4.69) is 5.32 Å². The molecule has 2 rings (SSSR count). The number of anilines is 1. The molecule has 0 unspecified atom stereocenters. The van der Waals surface area contributed by atoms with Gasteiger partial charge in [-0.25, -0.2) is 0 Å². The highest BCUT2D eigenvalue weighted by Crippen LogP contribution is 2.19. The zero-order chi connectivity index (χ0) is 12.3. The zero-order valence-corrected chi connectivity index (χ0v) is 9.01. The zero-order valence-electron chi connectivity index (χ0n) is 9.01. The van der Waals surface area contributed by atoms with Gasteiger partial charge in [0.15, 0.2) is 0 Å². The maximum Gasteiger partial charge on any atom is 0.255 e. The Bertz CT molecular complexity index is 521. The van der Waals surface area contributed by atoms with Crippen LogP contribution < -0.4 is 11.1 Å². The predicted molar refractivity (Wildman–Crippen MR) is 62.4 cm³/mol. The molecule has 0 aliphatic heterocycles. The molecular weight excluding hydrogens is 220 g/mol. The fourth-order valence-corrected chi connectivity index (χ4v) is 1.42. The Labute approximate surface area is 97.9 Å². The van der Waals surface area contributed by atoms with Gasteiger partial charge in [-0.2, -0.15) is 0 Å². The van der Waals surface area contributed by atoms with Crippen molar-refractivity contribution in [1.29, 1.82) is 0 Å². The maximum atomic E-state index is 11.7. The summed E-state index contributed by atoms with van der Waals surface area (Å²) in [5.41, 5.74) is 6.07. The van der Waals surface area contributed by atoms with Crippen molar-refractivity contribution >= 4 is 11.6 Å². The van der Waals surface area contributed by atoms with Crippen molar-refractivity contribution in [3.05, 3.63) is 47.9 Å². The molecule has 0 aliphatic carbocycles. The van der Waals surface area contributed by atoms with E-state index in [1.165, 1.54) is 18.4 Å². The first-order valence-electron chi connectivity index (χ1n) is 5.06. The molecule has 0 atom stereocenters. The summed E-state index contributed by atoms with van der Waals surface area (Å²) in [6, 6.07) is 7.86. The summed E-state index contributed by atoms with van der Waals surface area (Å²) in [6.07, 6.45) is 1.53. The van der Waals surface area contributed by atoms with E-state index in [1.807, 2.05) is 0 Å². The van der Waals surface area contributed by atoms with Crippen molar-refractivity contribution in [2.45, 2.75) is 6.54 Å². The third-order valence-corrected chi connectivity index (χ3v) is 2.27. The second-order valence-electron chi connectivity index (χ2n) is 3.54. The number of nitrogens with two attached hydrogens (primary N) is 1. The first-order valence-corrected chi connectivity index (χ1v) is 5.06. The van der Waals surface area contributed by atoms with Crippen LogP contribution in [0.4, 0.5) is 5.69 Å². The summed E-state index contributed by atoms with van der Waals surface area (Å²) in [7, 11) is 0. The molecular formula is C12H12N2O3. The standard InChI is InChI=1S/C12H12N2O3/c13-8-3-4-10(11(15)6-8)12(16)14-7-9-2-1-5-17-9/h1-6,15H,7,13H2,(H,14,16). The molecule has 2 aromatic rings. The lowest BCUT2D eigenvalue weighted by atomic mass is 10.1. The van der Waals surface area contributed by atoms with Crippen LogP contribution in [-0.4, -0.2) is 11.0 Å². The monoisotopic (exact) mass is 232 g/mol. The number of nitrogens with one attached hydrogen (secondary N) is 1. The van der Waals surface area contributed by atoms with Crippen LogP contribution in [0.2, 0.25) is 0 Å². The van der Waals surface area contributed by atoms with E-state index < -0.39 is 0 Å². The Morgan fingerprint density at radius 1 is 1.41 bits per heavy atom. The molecule has 1 heterocycles. The van der Waals surface area contributed by atoms with Gasteiger partial charge in [0.25, 0.3) is 5.91 Å². The molecule has 0 fully saturated rings. The number of hydrogen-bond donors (Lipinski definition) is 3. The highest BCUT2D eigenvalue weighted by Gasteiger charge is 2.11. The number of aromatic hydroxyl groups is 1. The molecule has 0 radical (unpaired) electrons. The number of amides is 1. The quantitative estimate of drug-likeness (QED) is 0.699. The van der Waals surface area contributed by atoms with Crippen molar-refractivity contribution in [2.24, 2.45) is 0 Å². The first kappa shape index (κ1) is 11.1. The number of carbonyl (C=O) groups is 1. The minimum Gasteiger partial charge on any atom is -0.507 e. The van der Waals surface area contributed by atoms with Gasteiger partial charge in [-0.15, -0.1) is 0 Å². The highest BCUT2D eigenvalue weighted by molar-refractivity contribution is 5.97. The molecule has 1 amide bonds. The Balaban J connectivity index is 2.04. The van der Waals surface area contributed by atoms with Crippen molar-refractivity contribution in [3.63, 3.8) is 0 Å². The van der Waals surface area contributed by atoms with Crippen LogP contribution in [0, 0.1) is 0 Å². The second-order valence-corrected chi connectivity index (χ2v) is 3.54. The lowest BCUT2D eigenvalue weighted by molar-refractivity contribution is 0.0945. The van der Waals surface area contributed by atoms with Crippen LogP contribution in [0.1, 0.15) is 16.1 Å². The predicted octanol–water partition coefficient (Wildman–Crippen LogP) is 1.50. The SMILES string of the molecule is Nc1ccc(C(=O)NCc2ccco2)c(O)c1. The van der Waals surface area contributed by atoms with Crippen molar-refractivity contribution in [2.75, 3.05) is 5.73 Å². The smallest absolute Gasteiger partial charge is 0.255 e. The summed E-state index contributed by atoms with van der Waals surface area (Å²) >= 11 is 0. The molecule has 1 aromatic carbocycles. The third-order valence-electron chi connectivity index (χ3n) is 2.27. The number of furan rings is 1. The molecule has 17 heavy (non-hydrogen) atoms. The van der Waals surface area contributed by atoms with Crippen molar-refractivity contribution < 1.29 is 14.3 Å². The van der Waals surface area contributed by atoms with Gasteiger partial charge in [0, 0.05) is 11.8 Å². The van der Waals surface area contributed by atoms with Gasteiger partial charge < -0.3 is 20.6 Å². The number of nitrogen functional groups attached to an aromatic ring is 1. The molecule has 5 nitrogen and oxygen atoms in total. The average Bonchev–Trinajstić information content (AvgIpc) is 2.78. The summed E-state index contributed by atoms with van der Waals surface area (Å²) in [5.74, 6) is 0.133. The molecule has 88 valence electrons. The minimum atomic E-state index is -0.376. The van der Waals surface area contributed by atoms with E-state index in [1.54, 1.807) is 18.2 Å². The van der Waals surface area contributed by atoms with E-state index in [0.717, 1.165) is 0 Å². The van der Waals surface area contributed by atoms with Gasteiger partial charge >= 0.3 is 0 Å². The average molecular weight is 232 g/mol. The fraction of sp³-hybridized carbons (Fsp3) is 0.0833. The van der Waals surface area contributed by atoms with E-state index in [4.69, 9.17) is 10.2 Å². The van der Waals surface area contributed by atoms with Crippen molar-refractivity contribution in [1.82, 2.24) is 5.32 Å². The van der Waals surface area contributed by atoms with Crippen LogP contribution in [0.5, 0.6) is 5.75 Å².